The van der Waals surface area contributed by atoms with Crippen molar-refractivity contribution in [3.8, 4) is 0 Å². The van der Waals surface area contributed by atoms with Gasteiger partial charge in [0, 0.05) is 31.5 Å². The number of fused-ring (bicyclic) bond motifs is 1. The second kappa shape index (κ2) is 7.52. The Morgan fingerprint density at radius 1 is 1.20 bits per heavy atom. The Kier molecular flexibility index (Phi) is 6.26. The molecule has 0 amide bonds. The van der Waals surface area contributed by atoms with Gasteiger partial charge in [-0.05, 0) is 42.4 Å². The van der Waals surface area contributed by atoms with Crippen molar-refractivity contribution >= 4 is 5.97 Å². The van der Waals surface area contributed by atoms with Crippen LogP contribution < -0.4 is 56.5 Å². The first kappa shape index (κ1) is 16.7. The fourth-order valence-corrected chi connectivity index (χ4v) is 3.19. The average molecular weight is 297 g/mol. The molecule has 0 unspecified atom stereocenters. The van der Waals surface area contributed by atoms with E-state index in [9.17, 15) is 9.90 Å². The number of hydrogen-bond donors (Lipinski definition) is 0. The normalized spacial score (nSPS) is 19.4. The van der Waals surface area contributed by atoms with Gasteiger partial charge in [-0.25, -0.2) is 0 Å². The molecule has 1 aliphatic heterocycles. The molecule has 20 heavy (non-hydrogen) atoms. The van der Waals surface area contributed by atoms with Crippen LogP contribution in [0.2, 0.25) is 0 Å². The summed E-state index contributed by atoms with van der Waals surface area (Å²) < 4.78 is 0. The molecule has 102 valence electrons. The SMILES string of the molecule is O=C([O-])Cc1ccc2c(c1)CCN(C1CCC1)CC2.[K+]. The quantitative estimate of drug-likeness (QED) is 0.603. The van der Waals surface area contributed by atoms with Crippen molar-refractivity contribution in [1.29, 1.82) is 0 Å². The molecule has 1 saturated carbocycles. The van der Waals surface area contributed by atoms with E-state index >= 15 is 0 Å². The van der Waals surface area contributed by atoms with Crippen LogP contribution in [0.1, 0.15) is 36.0 Å². The summed E-state index contributed by atoms with van der Waals surface area (Å²) in [6.07, 6.45) is 6.26. The number of carbonyl (C=O) groups is 1. The summed E-state index contributed by atoms with van der Waals surface area (Å²) in [5, 5.41) is 10.7. The van der Waals surface area contributed by atoms with Crippen LogP contribution in [-0.4, -0.2) is 30.0 Å². The van der Waals surface area contributed by atoms with Crippen molar-refractivity contribution in [2.75, 3.05) is 13.1 Å². The second-order valence-corrected chi connectivity index (χ2v) is 5.77. The third-order valence-electron chi connectivity index (χ3n) is 4.55. The molecular weight excluding hydrogens is 277 g/mol. The number of rotatable bonds is 3. The molecule has 0 saturated heterocycles. The fraction of sp³-hybridized carbons (Fsp3) is 0.562. The number of benzene rings is 1. The van der Waals surface area contributed by atoms with E-state index < -0.39 is 5.97 Å². The molecule has 1 heterocycles. The Bertz CT molecular complexity index is 485. The number of aliphatic carboxylic acids is 1. The van der Waals surface area contributed by atoms with Gasteiger partial charge in [-0.1, -0.05) is 24.6 Å². The van der Waals surface area contributed by atoms with Crippen LogP contribution >= 0.6 is 0 Å². The van der Waals surface area contributed by atoms with E-state index in [1.807, 2.05) is 6.07 Å². The third-order valence-corrected chi connectivity index (χ3v) is 4.55. The summed E-state index contributed by atoms with van der Waals surface area (Å²) in [5.74, 6) is -0.996. The molecule has 3 rings (SSSR count). The van der Waals surface area contributed by atoms with Gasteiger partial charge in [-0.15, -0.1) is 0 Å². The van der Waals surface area contributed by atoms with Crippen LogP contribution in [-0.2, 0) is 24.1 Å². The van der Waals surface area contributed by atoms with Crippen LogP contribution in [0, 0.1) is 0 Å². The fourth-order valence-electron chi connectivity index (χ4n) is 3.19. The molecule has 0 atom stereocenters. The van der Waals surface area contributed by atoms with Crippen LogP contribution in [0.15, 0.2) is 18.2 Å². The van der Waals surface area contributed by atoms with Gasteiger partial charge in [0.05, 0.1) is 0 Å². The second-order valence-electron chi connectivity index (χ2n) is 5.77. The van der Waals surface area contributed by atoms with E-state index in [-0.39, 0.29) is 57.8 Å². The molecule has 0 bridgehead atoms. The Balaban J connectivity index is 0.00000147. The van der Waals surface area contributed by atoms with E-state index in [1.165, 1.54) is 30.4 Å². The maximum Gasteiger partial charge on any atom is 1.00 e. The van der Waals surface area contributed by atoms with Crippen LogP contribution in [0.25, 0.3) is 0 Å². The van der Waals surface area contributed by atoms with Gasteiger partial charge in [0.15, 0.2) is 0 Å². The zero-order valence-electron chi connectivity index (χ0n) is 12.2. The minimum Gasteiger partial charge on any atom is -0.550 e. The van der Waals surface area contributed by atoms with Gasteiger partial charge >= 0.3 is 51.4 Å². The Hall–Kier alpha value is 0.286. The molecule has 1 aromatic rings. The minimum atomic E-state index is -0.996. The molecular formula is C16H20KNO2. The van der Waals surface area contributed by atoms with Crippen molar-refractivity contribution in [2.45, 2.75) is 44.6 Å². The summed E-state index contributed by atoms with van der Waals surface area (Å²) in [7, 11) is 0. The molecule has 0 radical (unpaired) electrons. The zero-order valence-corrected chi connectivity index (χ0v) is 15.4. The van der Waals surface area contributed by atoms with Gasteiger partial charge in [0.1, 0.15) is 0 Å². The first-order valence-corrected chi connectivity index (χ1v) is 7.27. The third kappa shape index (κ3) is 3.93. The number of carbonyl (C=O) groups excluding carboxylic acids is 1. The smallest absolute Gasteiger partial charge is 0.550 e. The largest absolute Gasteiger partial charge is 1.00 e. The van der Waals surface area contributed by atoms with E-state index in [0.29, 0.717) is 0 Å². The Labute approximate surface area is 163 Å². The Morgan fingerprint density at radius 2 is 1.90 bits per heavy atom. The van der Waals surface area contributed by atoms with E-state index in [2.05, 4.69) is 17.0 Å². The van der Waals surface area contributed by atoms with Crippen LogP contribution in [0.5, 0.6) is 0 Å². The molecule has 4 heteroatoms. The molecule has 3 nitrogen and oxygen atoms in total. The number of carboxylic acids is 1. The molecule has 2 aliphatic rings. The summed E-state index contributed by atoms with van der Waals surface area (Å²) in [4.78, 5) is 13.3. The monoisotopic (exact) mass is 297 g/mol. The van der Waals surface area contributed by atoms with Gasteiger partial charge in [-0.2, -0.15) is 0 Å². The van der Waals surface area contributed by atoms with Gasteiger partial charge in [0.25, 0.3) is 0 Å². The summed E-state index contributed by atoms with van der Waals surface area (Å²) in [6, 6.07) is 6.91. The maximum absolute atomic E-state index is 10.7. The van der Waals surface area contributed by atoms with Crippen LogP contribution in [0.4, 0.5) is 0 Å². The van der Waals surface area contributed by atoms with Crippen molar-refractivity contribution in [2.24, 2.45) is 0 Å². The van der Waals surface area contributed by atoms with Crippen molar-refractivity contribution in [1.82, 2.24) is 4.90 Å². The van der Waals surface area contributed by atoms with Crippen LogP contribution in [0.3, 0.4) is 0 Å². The number of carboxylic acid groups (broad SMARTS) is 1. The van der Waals surface area contributed by atoms with Gasteiger partial charge < -0.3 is 9.90 Å². The molecule has 0 aromatic heterocycles. The standard InChI is InChI=1S/C16H21NO2.K/c18-16(19)11-12-4-5-13-6-8-17(15-2-1-3-15)9-7-14(13)10-12;/h4-5,10,15H,1-3,6-9,11H2,(H,18,19);/q;+1/p-1. The van der Waals surface area contributed by atoms with Crippen molar-refractivity contribution < 1.29 is 61.3 Å². The minimum absolute atomic E-state index is 0. The van der Waals surface area contributed by atoms with Crippen molar-refractivity contribution in [3.05, 3.63) is 34.9 Å². The van der Waals surface area contributed by atoms with Gasteiger partial charge in [-0.3, -0.25) is 4.90 Å². The molecule has 0 N–H and O–H groups in total. The summed E-state index contributed by atoms with van der Waals surface area (Å²) in [6.45, 7) is 2.27. The molecule has 1 aromatic carbocycles. The van der Waals surface area contributed by atoms with E-state index in [1.54, 1.807) is 0 Å². The predicted molar refractivity (Wildman–Crippen MR) is 71.8 cm³/mol. The summed E-state index contributed by atoms with van der Waals surface area (Å²) in [5.41, 5.74) is 3.60. The summed E-state index contributed by atoms with van der Waals surface area (Å²) >= 11 is 0. The van der Waals surface area contributed by atoms with E-state index in [4.69, 9.17) is 0 Å². The first-order chi connectivity index (χ1) is 9.22. The molecule has 0 spiro atoms. The molecule has 1 fully saturated rings. The first-order valence-electron chi connectivity index (χ1n) is 7.27. The number of nitrogens with zero attached hydrogens (tertiary/aromatic N) is 1. The van der Waals surface area contributed by atoms with Gasteiger partial charge in [0.2, 0.25) is 0 Å². The topological polar surface area (TPSA) is 43.4 Å². The average Bonchev–Trinajstić information content (AvgIpc) is 2.49. The Morgan fingerprint density at radius 3 is 2.50 bits per heavy atom. The molecule has 1 aliphatic carbocycles. The zero-order chi connectivity index (χ0) is 13.2. The van der Waals surface area contributed by atoms with E-state index in [0.717, 1.165) is 37.5 Å². The maximum atomic E-state index is 10.7. The van der Waals surface area contributed by atoms with Crippen molar-refractivity contribution in [3.63, 3.8) is 0 Å². The number of hydrogen-bond acceptors (Lipinski definition) is 3. The predicted octanol–water partition coefficient (Wildman–Crippen LogP) is -2.06.